The van der Waals surface area contributed by atoms with Crippen LogP contribution in [0.1, 0.15) is 69.2 Å². The normalized spacial score (nSPS) is 19.8. The quantitative estimate of drug-likeness (QED) is 0.459. The summed E-state index contributed by atoms with van der Waals surface area (Å²) < 4.78 is 17.3. The molecule has 2 aliphatic carbocycles. The van der Waals surface area contributed by atoms with Crippen molar-refractivity contribution in [1.29, 1.82) is 0 Å². The summed E-state index contributed by atoms with van der Waals surface area (Å²) in [5, 5.41) is 3.72. The predicted octanol–water partition coefficient (Wildman–Crippen LogP) is 3.99. The monoisotopic (exact) mass is 561 g/mol. The zero-order valence-electron chi connectivity index (χ0n) is 23.6. The summed E-state index contributed by atoms with van der Waals surface area (Å²) in [6.45, 7) is 10.6. The van der Waals surface area contributed by atoms with Gasteiger partial charge in [-0.2, -0.15) is 0 Å². The molecule has 3 aliphatic rings. The number of nitrogens with zero attached hydrogens (tertiary/aromatic N) is 6. The van der Waals surface area contributed by atoms with Crippen LogP contribution in [-0.4, -0.2) is 61.4 Å². The number of carbonyl (C=O) groups is 1. The number of amides is 1. The highest BCUT2D eigenvalue weighted by Crippen LogP contribution is 2.44. The molecule has 1 amide bonds. The highest BCUT2D eigenvalue weighted by Gasteiger charge is 2.42. The highest BCUT2D eigenvalue weighted by atomic mass is 32.2. The van der Waals surface area contributed by atoms with Crippen LogP contribution in [0.5, 0.6) is 5.88 Å². The maximum absolute atomic E-state index is 14.0. The molecule has 3 heterocycles. The van der Waals surface area contributed by atoms with Crippen molar-refractivity contribution in [2.24, 2.45) is 15.9 Å². The number of aromatic nitrogens is 3. The number of pyridine rings is 1. The topological polar surface area (TPSA) is 128 Å². The van der Waals surface area contributed by atoms with Crippen LogP contribution < -0.4 is 10.1 Å². The molecule has 40 heavy (non-hydrogen) atoms. The molecule has 210 valence electrons. The molecule has 10 nitrogen and oxygen atoms in total. The Hall–Kier alpha value is -3.57. The fraction of sp³-hybridized carbons (Fsp3) is 0.448. The van der Waals surface area contributed by atoms with Crippen molar-refractivity contribution in [3.8, 4) is 5.88 Å². The second-order valence-corrected chi connectivity index (χ2v) is 12.0. The Kier molecular flexibility index (Phi) is 8.04. The average molecular weight is 562 g/mol. The number of rotatable bonds is 9. The molecule has 2 atom stereocenters. The summed E-state index contributed by atoms with van der Waals surface area (Å²) in [5.74, 6) is 1.62. The van der Waals surface area contributed by atoms with Crippen LogP contribution in [0.3, 0.4) is 0 Å². The second-order valence-electron chi connectivity index (χ2n) is 10.7. The van der Waals surface area contributed by atoms with E-state index in [-0.39, 0.29) is 17.8 Å². The molecule has 0 radical (unpaired) electrons. The fourth-order valence-corrected chi connectivity index (χ4v) is 5.25. The number of allylic oxidation sites excluding steroid dienone is 1. The second kappa shape index (κ2) is 11.5. The lowest BCUT2D eigenvalue weighted by atomic mass is 10.1. The van der Waals surface area contributed by atoms with E-state index in [4.69, 9.17) is 14.7 Å². The molecule has 1 N–H and O–H groups in total. The van der Waals surface area contributed by atoms with Gasteiger partial charge in [0, 0.05) is 41.9 Å². The van der Waals surface area contributed by atoms with Crippen LogP contribution >= 0.6 is 0 Å². The molecule has 11 heteroatoms. The molecule has 2 aromatic heterocycles. The summed E-state index contributed by atoms with van der Waals surface area (Å²) in [5.41, 5.74) is 4.38. The molecule has 2 fully saturated rings. The number of aliphatic imine (C=N–C) groups is 2. The Bertz CT molecular complexity index is 1410. The van der Waals surface area contributed by atoms with Gasteiger partial charge in [-0.25, -0.2) is 24.9 Å². The summed E-state index contributed by atoms with van der Waals surface area (Å²) in [7, 11) is 1.57. The lowest BCUT2D eigenvalue weighted by Crippen LogP contribution is -2.54. The molecule has 5 rings (SSSR count). The minimum absolute atomic E-state index is 0.0713. The fourth-order valence-electron chi connectivity index (χ4n) is 4.79. The molecule has 1 unspecified atom stereocenters. The van der Waals surface area contributed by atoms with Crippen LogP contribution in [0.2, 0.25) is 0 Å². The molecule has 0 aromatic carbocycles. The molecule has 0 spiro atoms. The average Bonchev–Trinajstić information content (AvgIpc) is 3.85. The molecule has 0 bridgehead atoms. The summed E-state index contributed by atoms with van der Waals surface area (Å²) in [6, 6.07) is 3.51. The summed E-state index contributed by atoms with van der Waals surface area (Å²) >= 11 is -1.15. The minimum atomic E-state index is -1.15. The van der Waals surface area contributed by atoms with Crippen LogP contribution in [0, 0.1) is 5.92 Å². The van der Waals surface area contributed by atoms with E-state index in [1.165, 1.54) is 6.33 Å². The third-order valence-electron chi connectivity index (χ3n) is 7.35. The maximum atomic E-state index is 14.0. The Labute approximate surface area is 238 Å². The van der Waals surface area contributed by atoms with Crippen molar-refractivity contribution in [1.82, 2.24) is 25.2 Å². The minimum Gasteiger partial charge on any atom is -0.610 e. The lowest BCUT2D eigenvalue weighted by Gasteiger charge is -2.35. The number of amidine groups is 2. The first-order chi connectivity index (χ1) is 19.2. The van der Waals surface area contributed by atoms with Gasteiger partial charge in [-0.3, -0.25) is 9.69 Å². The third kappa shape index (κ3) is 5.80. The number of nitrogens with one attached hydrogen (secondary N) is 1. The summed E-state index contributed by atoms with van der Waals surface area (Å²) in [6.07, 6.45) is 8.98. The largest absolute Gasteiger partial charge is 0.610 e. The smallest absolute Gasteiger partial charge is 0.295 e. The SMILES string of the molecule is C=C(/N=C1\C(=C(C)C)N=C(NCc2ccc([S+](C)[O-])nc2)C(=O)N1[C@@H](C)C1CC1)c1c(OC)ncnc1C1CC1. The number of carbonyl (C=O) groups excluding carboxylic acids is 1. The highest BCUT2D eigenvalue weighted by molar-refractivity contribution is 7.90. The molecular formula is C29H35N7O3S. The number of methoxy groups -OCH3 is 1. The summed E-state index contributed by atoms with van der Waals surface area (Å²) in [4.78, 5) is 38.6. The standard InChI is InChI=1S/C29H35N7O3S/c1-16(2)24-27(34-17(3)23-25(21-10-11-21)32-15-33-28(23)39-5)36(18(4)20-8-9-20)29(37)26(35-24)31-14-19-7-12-22(30-13-19)40(6)38/h7,12-13,15,18,20-21H,3,8-11,14H2,1-2,4-6H3,(H,31,35)/b34-27+/t18-,40?/m0/s1. The Balaban J connectivity index is 1.51. The van der Waals surface area contributed by atoms with E-state index < -0.39 is 11.2 Å². The van der Waals surface area contributed by atoms with Gasteiger partial charge in [0.1, 0.15) is 18.3 Å². The van der Waals surface area contributed by atoms with Crippen molar-refractivity contribution in [2.75, 3.05) is 13.4 Å². The van der Waals surface area contributed by atoms with Crippen LogP contribution in [0.25, 0.3) is 5.70 Å². The Morgan fingerprint density at radius 3 is 2.58 bits per heavy atom. The zero-order valence-corrected chi connectivity index (χ0v) is 24.4. The van der Waals surface area contributed by atoms with Gasteiger partial charge in [0.15, 0.2) is 11.7 Å². The van der Waals surface area contributed by atoms with Crippen molar-refractivity contribution in [3.63, 3.8) is 0 Å². The lowest BCUT2D eigenvalue weighted by molar-refractivity contribution is -0.122. The molecule has 1 aliphatic heterocycles. The van der Waals surface area contributed by atoms with Gasteiger partial charge in [0.25, 0.3) is 5.91 Å². The Morgan fingerprint density at radius 2 is 2.00 bits per heavy atom. The molecular weight excluding hydrogens is 526 g/mol. The number of hydrogen-bond acceptors (Lipinski definition) is 9. The van der Waals surface area contributed by atoms with Crippen LogP contribution in [-0.2, 0) is 22.5 Å². The zero-order chi connectivity index (χ0) is 28.6. The van der Waals surface area contributed by atoms with Gasteiger partial charge in [0.05, 0.1) is 24.1 Å². The maximum Gasteiger partial charge on any atom is 0.295 e. The van der Waals surface area contributed by atoms with Gasteiger partial charge in [-0.1, -0.05) is 6.58 Å². The molecule has 2 saturated carbocycles. The molecule has 2 aromatic rings. The molecule has 0 saturated heterocycles. The first-order valence-corrected chi connectivity index (χ1v) is 15.0. The number of hydrogen-bond donors (Lipinski definition) is 1. The predicted molar refractivity (Wildman–Crippen MR) is 155 cm³/mol. The van der Waals surface area contributed by atoms with E-state index in [1.54, 1.807) is 30.5 Å². The van der Waals surface area contributed by atoms with E-state index >= 15 is 0 Å². The van der Waals surface area contributed by atoms with E-state index in [0.29, 0.717) is 52.1 Å². The van der Waals surface area contributed by atoms with E-state index in [0.717, 1.165) is 42.5 Å². The number of ether oxygens (including phenoxy) is 1. The Morgan fingerprint density at radius 1 is 1.25 bits per heavy atom. The van der Waals surface area contributed by atoms with Crippen LogP contribution in [0.4, 0.5) is 0 Å². The van der Waals surface area contributed by atoms with E-state index in [9.17, 15) is 9.35 Å². The van der Waals surface area contributed by atoms with Crippen molar-refractivity contribution < 1.29 is 14.1 Å². The van der Waals surface area contributed by atoms with Gasteiger partial charge in [-0.05, 0) is 69.6 Å². The van der Waals surface area contributed by atoms with Gasteiger partial charge < -0.3 is 14.6 Å². The van der Waals surface area contributed by atoms with Crippen molar-refractivity contribution >= 4 is 34.5 Å². The first kappa shape index (κ1) is 28.0. The van der Waals surface area contributed by atoms with Gasteiger partial charge >= 0.3 is 0 Å². The van der Waals surface area contributed by atoms with E-state index in [1.807, 2.05) is 19.9 Å². The van der Waals surface area contributed by atoms with E-state index in [2.05, 4.69) is 33.8 Å². The van der Waals surface area contributed by atoms with Crippen molar-refractivity contribution in [3.05, 3.63) is 59.3 Å². The van der Waals surface area contributed by atoms with Crippen LogP contribution in [0.15, 0.2) is 57.5 Å². The van der Waals surface area contributed by atoms with Gasteiger partial charge in [-0.15, -0.1) is 0 Å². The van der Waals surface area contributed by atoms with Gasteiger partial charge in [0.2, 0.25) is 10.9 Å². The van der Waals surface area contributed by atoms with Crippen molar-refractivity contribution in [2.45, 2.75) is 70.0 Å². The first-order valence-electron chi connectivity index (χ1n) is 13.5. The third-order valence-corrected chi connectivity index (χ3v) is 8.18.